The van der Waals surface area contributed by atoms with Crippen molar-refractivity contribution in [1.82, 2.24) is 10.2 Å². The summed E-state index contributed by atoms with van der Waals surface area (Å²) < 4.78 is 14.2. The molecule has 0 bridgehead atoms. The molecular weight excluding hydrogens is 311 g/mol. The van der Waals surface area contributed by atoms with Crippen LogP contribution in [-0.4, -0.2) is 37.0 Å². The van der Waals surface area contributed by atoms with E-state index in [0.29, 0.717) is 11.0 Å². The van der Waals surface area contributed by atoms with Gasteiger partial charge in [-0.2, -0.15) is 0 Å². The molecule has 1 aromatic carbocycles. The highest BCUT2D eigenvalue weighted by Crippen LogP contribution is 2.15. The number of nitrogens with one attached hydrogen (secondary N) is 1. The smallest absolute Gasteiger partial charge is 0.254 e. The third kappa shape index (κ3) is 4.28. The quantitative estimate of drug-likeness (QED) is 0.921. The van der Waals surface area contributed by atoms with E-state index in [0.717, 1.165) is 19.6 Å². The molecule has 1 saturated heterocycles. The number of likely N-dealkylation sites (tertiary alicyclic amines) is 1. The van der Waals surface area contributed by atoms with E-state index >= 15 is 0 Å². The van der Waals surface area contributed by atoms with Gasteiger partial charge in [-0.1, -0.05) is 22.4 Å². The van der Waals surface area contributed by atoms with Gasteiger partial charge in [0.2, 0.25) is 0 Å². The first-order valence-corrected chi connectivity index (χ1v) is 7.42. The molecule has 0 unspecified atom stereocenters. The molecular formula is C14H18BrFN2O. The van der Waals surface area contributed by atoms with E-state index in [4.69, 9.17) is 0 Å². The summed E-state index contributed by atoms with van der Waals surface area (Å²) in [5.74, 6) is -0.841. The second-order valence-corrected chi connectivity index (χ2v) is 5.70. The van der Waals surface area contributed by atoms with Gasteiger partial charge in [-0.05, 0) is 44.1 Å². The van der Waals surface area contributed by atoms with Crippen LogP contribution in [0.2, 0.25) is 0 Å². The number of hydrogen-bond donors (Lipinski definition) is 1. The van der Waals surface area contributed by atoms with Crippen molar-refractivity contribution in [2.75, 3.05) is 26.2 Å². The van der Waals surface area contributed by atoms with E-state index in [1.54, 1.807) is 6.07 Å². The summed E-state index contributed by atoms with van der Waals surface area (Å²) in [5.41, 5.74) is 0.0989. The third-order valence-corrected chi connectivity index (χ3v) is 3.83. The van der Waals surface area contributed by atoms with Crippen LogP contribution >= 0.6 is 15.9 Å². The third-order valence-electron chi connectivity index (χ3n) is 3.34. The summed E-state index contributed by atoms with van der Waals surface area (Å²) >= 11 is 3.17. The first kappa shape index (κ1) is 14.5. The number of piperidine rings is 1. The van der Waals surface area contributed by atoms with Crippen LogP contribution in [0.4, 0.5) is 4.39 Å². The molecule has 1 aromatic rings. The summed E-state index contributed by atoms with van der Waals surface area (Å²) in [6.07, 6.45) is 3.76. The van der Waals surface area contributed by atoms with Gasteiger partial charge in [-0.3, -0.25) is 4.79 Å². The van der Waals surface area contributed by atoms with E-state index in [2.05, 4.69) is 26.1 Å². The predicted octanol–water partition coefficient (Wildman–Crippen LogP) is 2.80. The molecule has 1 aliphatic heterocycles. The maximum Gasteiger partial charge on any atom is 0.254 e. The Bertz CT molecular complexity index is 447. The van der Waals surface area contributed by atoms with Crippen molar-refractivity contribution < 1.29 is 9.18 Å². The minimum atomic E-state index is -0.496. The van der Waals surface area contributed by atoms with Crippen molar-refractivity contribution in [3.05, 3.63) is 34.1 Å². The minimum absolute atomic E-state index is 0.0989. The lowest BCUT2D eigenvalue weighted by atomic mass is 10.1. The van der Waals surface area contributed by atoms with Gasteiger partial charge in [0.15, 0.2) is 0 Å². The molecule has 1 fully saturated rings. The Kier molecular flexibility index (Phi) is 5.34. The van der Waals surface area contributed by atoms with Crippen molar-refractivity contribution in [1.29, 1.82) is 0 Å². The average molecular weight is 329 g/mol. The van der Waals surface area contributed by atoms with Crippen molar-refractivity contribution in [2.45, 2.75) is 19.3 Å². The molecule has 1 aliphatic rings. The molecule has 3 nitrogen and oxygen atoms in total. The van der Waals surface area contributed by atoms with Crippen LogP contribution in [0.5, 0.6) is 0 Å². The van der Waals surface area contributed by atoms with Gasteiger partial charge < -0.3 is 10.2 Å². The average Bonchev–Trinajstić information content (AvgIpc) is 2.39. The number of benzene rings is 1. The van der Waals surface area contributed by atoms with Crippen molar-refractivity contribution in [2.24, 2.45) is 0 Å². The number of nitrogens with zero attached hydrogens (tertiary/aromatic N) is 1. The molecule has 0 radical (unpaired) electrons. The van der Waals surface area contributed by atoms with Crippen molar-refractivity contribution in [3.8, 4) is 0 Å². The Morgan fingerprint density at radius 3 is 2.74 bits per heavy atom. The van der Waals surface area contributed by atoms with Gasteiger partial charge in [0, 0.05) is 17.6 Å². The predicted molar refractivity (Wildman–Crippen MR) is 76.7 cm³/mol. The summed E-state index contributed by atoms with van der Waals surface area (Å²) in [5, 5.41) is 2.77. The monoisotopic (exact) mass is 328 g/mol. The highest BCUT2D eigenvalue weighted by Gasteiger charge is 2.13. The maximum absolute atomic E-state index is 13.6. The fourth-order valence-electron chi connectivity index (χ4n) is 2.28. The molecule has 0 aliphatic carbocycles. The Labute approximate surface area is 121 Å². The molecule has 19 heavy (non-hydrogen) atoms. The Morgan fingerprint density at radius 2 is 2.05 bits per heavy atom. The number of hydrogen-bond acceptors (Lipinski definition) is 2. The molecule has 0 spiro atoms. The largest absolute Gasteiger partial charge is 0.351 e. The molecule has 0 saturated carbocycles. The van der Waals surface area contributed by atoms with Crippen LogP contribution < -0.4 is 5.32 Å². The van der Waals surface area contributed by atoms with E-state index in [-0.39, 0.29) is 11.5 Å². The number of halogens is 2. The van der Waals surface area contributed by atoms with Crippen molar-refractivity contribution in [3.63, 3.8) is 0 Å². The zero-order valence-corrected chi connectivity index (χ0v) is 12.4. The van der Waals surface area contributed by atoms with Gasteiger partial charge in [-0.25, -0.2) is 4.39 Å². The van der Waals surface area contributed by atoms with E-state index in [9.17, 15) is 9.18 Å². The van der Waals surface area contributed by atoms with E-state index < -0.39 is 5.82 Å². The van der Waals surface area contributed by atoms with E-state index in [1.807, 2.05) is 0 Å². The number of rotatable bonds is 4. The van der Waals surface area contributed by atoms with Gasteiger partial charge in [0.25, 0.3) is 5.91 Å². The van der Waals surface area contributed by atoms with Gasteiger partial charge in [0.1, 0.15) is 5.82 Å². The number of amides is 1. The lowest BCUT2D eigenvalue weighted by molar-refractivity contribution is 0.0942. The Balaban J connectivity index is 1.80. The second-order valence-electron chi connectivity index (χ2n) is 4.78. The van der Waals surface area contributed by atoms with E-state index in [1.165, 1.54) is 31.4 Å². The molecule has 1 heterocycles. The van der Waals surface area contributed by atoms with Crippen LogP contribution in [0.3, 0.4) is 0 Å². The molecule has 1 N–H and O–H groups in total. The summed E-state index contributed by atoms with van der Waals surface area (Å²) in [7, 11) is 0. The highest BCUT2D eigenvalue weighted by molar-refractivity contribution is 9.10. The van der Waals surface area contributed by atoms with Gasteiger partial charge >= 0.3 is 0 Å². The van der Waals surface area contributed by atoms with Crippen LogP contribution in [-0.2, 0) is 0 Å². The number of carbonyl (C=O) groups excluding carboxylic acids is 1. The van der Waals surface area contributed by atoms with Gasteiger partial charge in [-0.15, -0.1) is 0 Å². The fraction of sp³-hybridized carbons (Fsp3) is 0.500. The fourth-order valence-corrected chi connectivity index (χ4v) is 2.61. The Hall–Kier alpha value is -0.940. The standard InChI is InChI=1S/C14H18BrFN2O/c15-11-4-5-12(13(16)10-11)14(19)17-6-9-18-7-2-1-3-8-18/h4-5,10H,1-3,6-9H2,(H,17,19). The maximum atomic E-state index is 13.6. The molecule has 1 amide bonds. The summed E-state index contributed by atoms with van der Waals surface area (Å²) in [6.45, 7) is 3.60. The van der Waals surface area contributed by atoms with Crippen LogP contribution in [0.1, 0.15) is 29.6 Å². The van der Waals surface area contributed by atoms with Crippen LogP contribution in [0.25, 0.3) is 0 Å². The highest BCUT2D eigenvalue weighted by atomic mass is 79.9. The van der Waals surface area contributed by atoms with Crippen LogP contribution in [0.15, 0.2) is 22.7 Å². The summed E-state index contributed by atoms with van der Waals surface area (Å²) in [6, 6.07) is 4.47. The summed E-state index contributed by atoms with van der Waals surface area (Å²) in [4.78, 5) is 14.2. The zero-order chi connectivity index (χ0) is 13.7. The Morgan fingerprint density at radius 1 is 1.32 bits per heavy atom. The molecule has 104 valence electrons. The topological polar surface area (TPSA) is 32.3 Å². The minimum Gasteiger partial charge on any atom is -0.351 e. The zero-order valence-electron chi connectivity index (χ0n) is 10.8. The first-order chi connectivity index (χ1) is 9.16. The van der Waals surface area contributed by atoms with Crippen molar-refractivity contribution >= 4 is 21.8 Å². The first-order valence-electron chi connectivity index (χ1n) is 6.62. The second kappa shape index (κ2) is 7.01. The molecule has 5 heteroatoms. The number of carbonyl (C=O) groups is 1. The lowest BCUT2D eigenvalue weighted by Gasteiger charge is -2.26. The van der Waals surface area contributed by atoms with Gasteiger partial charge in [0.05, 0.1) is 5.56 Å². The van der Waals surface area contributed by atoms with Crippen LogP contribution in [0, 0.1) is 5.82 Å². The molecule has 0 atom stereocenters. The normalized spacial score (nSPS) is 16.3. The lowest BCUT2D eigenvalue weighted by Crippen LogP contribution is -2.37. The SMILES string of the molecule is O=C(NCCN1CCCCC1)c1ccc(Br)cc1F. The molecule has 0 aromatic heterocycles. The molecule has 2 rings (SSSR count).